The molecule has 0 spiro atoms. The lowest BCUT2D eigenvalue weighted by Crippen LogP contribution is -2.11. The summed E-state index contributed by atoms with van der Waals surface area (Å²) in [5.41, 5.74) is 1.67. The molecule has 3 rings (SSSR count). The van der Waals surface area contributed by atoms with Crippen LogP contribution in [0.4, 0.5) is 4.39 Å². The number of hydrogen-bond acceptors (Lipinski definition) is 2. The van der Waals surface area contributed by atoms with Gasteiger partial charge in [-0.25, -0.2) is 4.39 Å². The molecule has 0 radical (unpaired) electrons. The van der Waals surface area contributed by atoms with Gasteiger partial charge in [0.25, 0.3) is 0 Å². The van der Waals surface area contributed by atoms with Crippen molar-refractivity contribution in [3.05, 3.63) is 81.5 Å². The molecule has 2 aromatic rings. The van der Waals surface area contributed by atoms with E-state index in [-0.39, 0.29) is 17.5 Å². The molecule has 0 amide bonds. The smallest absolute Gasteiger partial charge is 0.157 e. The van der Waals surface area contributed by atoms with E-state index < -0.39 is 0 Å². The minimum Gasteiger partial charge on any atom is -0.295 e. The van der Waals surface area contributed by atoms with Crippen molar-refractivity contribution >= 4 is 29.1 Å². The number of benzene rings is 2. The molecule has 0 heterocycles. The largest absolute Gasteiger partial charge is 0.295 e. The van der Waals surface area contributed by atoms with Gasteiger partial charge < -0.3 is 0 Å². The van der Waals surface area contributed by atoms with Gasteiger partial charge in [-0.15, -0.1) is 11.8 Å². The second-order valence-electron chi connectivity index (χ2n) is 5.58. The van der Waals surface area contributed by atoms with Crippen molar-refractivity contribution in [1.29, 1.82) is 0 Å². The third-order valence-electron chi connectivity index (χ3n) is 3.95. The molecule has 2 aromatic carbocycles. The molecule has 1 unspecified atom stereocenters. The molecule has 0 N–H and O–H groups in total. The Labute approximate surface area is 144 Å². The van der Waals surface area contributed by atoms with E-state index in [1.165, 1.54) is 23.4 Å². The monoisotopic (exact) mass is 346 g/mol. The summed E-state index contributed by atoms with van der Waals surface area (Å²) in [5.74, 6) is 0.471. The van der Waals surface area contributed by atoms with Gasteiger partial charge in [0, 0.05) is 22.8 Å². The maximum absolute atomic E-state index is 13.8. The van der Waals surface area contributed by atoms with Crippen LogP contribution >= 0.6 is 23.4 Å². The summed E-state index contributed by atoms with van der Waals surface area (Å²) in [5, 5.41) is 0.430. The SMILES string of the molecule is O=C1C=C(SCc2c(F)cccc2Cl)CC(c2ccccc2)C1. The minimum absolute atomic E-state index is 0.132. The fourth-order valence-corrected chi connectivity index (χ4v) is 4.22. The minimum atomic E-state index is -0.299. The lowest BCUT2D eigenvalue weighted by molar-refractivity contribution is -0.115. The Morgan fingerprint density at radius 1 is 1.09 bits per heavy atom. The Hall–Kier alpha value is -1.58. The molecule has 0 saturated carbocycles. The highest BCUT2D eigenvalue weighted by atomic mass is 35.5. The first-order valence-electron chi connectivity index (χ1n) is 7.47. The maximum Gasteiger partial charge on any atom is 0.157 e. The average Bonchev–Trinajstić information content (AvgIpc) is 2.55. The molecule has 0 saturated heterocycles. The fraction of sp³-hybridized carbons (Fsp3) is 0.211. The lowest BCUT2D eigenvalue weighted by Gasteiger charge is -2.22. The number of ketones is 1. The molecule has 23 heavy (non-hydrogen) atoms. The van der Waals surface area contributed by atoms with Gasteiger partial charge in [-0.3, -0.25) is 4.79 Å². The van der Waals surface area contributed by atoms with Crippen LogP contribution in [-0.4, -0.2) is 5.78 Å². The fourth-order valence-electron chi connectivity index (χ4n) is 2.75. The van der Waals surface area contributed by atoms with E-state index in [0.29, 0.717) is 22.8 Å². The van der Waals surface area contributed by atoms with Crippen LogP contribution in [0.1, 0.15) is 29.9 Å². The summed E-state index contributed by atoms with van der Waals surface area (Å²) >= 11 is 7.56. The van der Waals surface area contributed by atoms with E-state index in [9.17, 15) is 9.18 Å². The third-order valence-corrected chi connectivity index (χ3v) is 5.39. The number of carbonyl (C=O) groups excluding carboxylic acids is 1. The molecular formula is C19H16ClFOS. The molecule has 1 atom stereocenters. The summed E-state index contributed by atoms with van der Waals surface area (Å²) in [6.07, 6.45) is 3.04. The van der Waals surface area contributed by atoms with Crippen LogP contribution < -0.4 is 0 Å². The molecule has 1 aliphatic rings. The normalized spacial score (nSPS) is 17.9. The molecular weight excluding hydrogens is 331 g/mol. The highest BCUT2D eigenvalue weighted by Gasteiger charge is 2.22. The van der Waals surface area contributed by atoms with Crippen molar-refractivity contribution in [2.45, 2.75) is 24.5 Å². The van der Waals surface area contributed by atoms with Gasteiger partial charge >= 0.3 is 0 Å². The molecule has 1 aliphatic carbocycles. The Kier molecular flexibility index (Phi) is 5.19. The van der Waals surface area contributed by atoms with Crippen molar-refractivity contribution in [2.75, 3.05) is 0 Å². The summed E-state index contributed by atoms with van der Waals surface area (Å²) in [4.78, 5) is 13.0. The van der Waals surface area contributed by atoms with E-state index in [4.69, 9.17) is 11.6 Å². The predicted octanol–water partition coefficient (Wildman–Crippen LogP) is 5.74. The predicted molar refractivity (Wildman–Crippen MR) is 94.2 cm³/mol. The van der Waals surface area contributed by atoms with Crippen molar-refractivity contribution in [2.24, 2.45) is 0 Å². The van der Waals surface area contributed by atoms with Gasteiger partial charge in [0.15, 0.2) is 5.78 Å². The lowest BCUT2D eigenvalue weighted by atomic mass is 9.87. The zero-order valence-electron chi connectivity index (χ0n) is 12.5. The Morgan fingerprint density at radius 2 is 1.87 bits per heavy atom. The number of allylic oxidation sites excluding steroid dienone is 2. The van der Waals surface area contributed by atoms with Crippen molar-refractivity contribution in [3.8, 4) is 0 Å². The van der Waals surface area contributed by atoms with E-state index in [1.54, 1.807) is 18.2 Å². The third kappa shape index (κ3) is 4.04. The van der Waals surface area contributed by atoms with E-state index in [2.05, 4.69) is 12.1 Å². The highest BCUT2D eigenvalue weighted by molar-refractivity contribution is 8.02. The summed E-state index contributed by atoms with van der Waals surface area (Å²) in [7, 11) is 0. The van der Waals surface area contributed by atoms with Gasteiger partial charge in [-0.1, -0.05) is 48.0 Å². The molecule has 1 nitrogen and oxygen atoms in total. The van der Waals surface area contributed by atoms with Gasteiger partial charge in [0.2, 0.25) is 0 Å². The zero-order chi connectivity index (χ0) is 16.2. The topological polar surface area (TPSA) is 17.1 Å². The molecule has 4 heteroatoms. The Morgan fingerprint density at radius 3 is 2.61 bits per heavy atom. The zero-order valence-corrected chi connectivity index (χ0v) is 14.0. The summed E-state index contributed by atoms with van der Waals surface area (Å²) in [6, 6.07) is 14.8. The molecule has 0 bridgehead atoms. The number of carbonyl (C=O) groups is 1. The van der Waals surface area contributed by atoms with Gasteiger partial charge in [-0.05, 0) is 41.0 Å². The van der Waals surface area contributed by atoms with Crippen LogP contribution in [0.2, 0.25) is 5.02 Å². The number of hydrogen-bond donors (Lipinski definition) is 0. The van der Waals surface area contributed by atoms with Crippen LogP contribution in [0.5, 0.6) is 0 Å². The van der Waals surface area contributed by atoms with E-state index in [0.717, 1.165) is 11.3 Å². The quantitative estimate of drug-likeness (QED) is 0.701. The van der Waals surface area contributed by atoms with Crippen molar-refractivity contribution in [3.63, 3.8) is 0 Å². The highest BCUT2D eigenvalue weighted by Crippen LogP contribution is 2.38. The van der Waals surface area contributed by atoms with E-state index >= 15 is 0 Å². The first-order valence-corrected chi connectivity index (χ1v) is 8.84. The average molecular weight is 347 g/mol. The molecule has 0 aliphatic heterocycles. The number of rotatable bonds is 4. The maximum atomic E-state index is 13.8. The van der Waals surface area contributed by atoms with Gasteiger partial charge in [-0.2, -0.15) is 0 Å². The molecule has 118 valence electrons. The van der Waals surface area contributed by atoms with Crippen molar-refractivity contribution in [1.82, 2.24) is 0 Å². The second-order valence-corrected chi connectivity index (χ2v) is 7.09. The van der Waals surface area contributed by atoms with Crippen LogP contribution in [0, 0.1) is 5.82 Å². The summed E-state index contributed by atoms with van der Waals surface area (Å²) < 4.78 is 13.8. The van der Waals surface area contributed by atoms with Crippen molar-refractivity contribution < 1.29 is 9.18 Å². The van der Waals surface area contributed by atoms with E-state index in [1.807, 2.05) is 18.2 Å². The number of thioether (sulfide) groups is 1. The van der Waals surface area contributed by atoms with Crippen LogP contribution in [0.15, 0.2) is 59.5 Å². The van der Waals surface area contributed by atoms with Crippen LogP contribution in [-0.2, 0) is 10.5 Å². The first-order chi connectivity index (χ1) is 11.1. The molecule has 0 fully saturated rings. The van der Waals surface area contributed by atoms with Gasteiger partial charge in [0.1, 0.15) is 5.82 Å². The molecule has 0 aromatic heterocycles. The van der Waals surface area contributed by atoms with Crippen LogP contribution in [0.25, 0.3) is 0 Å². The standard InChI is InChI=1S/C19H16ClFOS/c20-18-7-4-8-19(21)17(18)12-23-16-10-14(9-15(22)11-16)13-5-2-1-3-6-13/h1-8,11,14H,9-10,12H2. The number of halogens is 2. The summed E-state index contributed by atoms with van der Waals surface area (Å²) in [6.45, 7) is 0. The second kappa shape index (κ2) is 7.33. The Bertz CT molecular complexity index is 722. The first kappa shape index (κ1) is 16.3. The van der Waals surface area contributed by atoms with Gasteiger partial charge in [0.05, 0.1) is 0 Å². The Balaban J connectivity index is 1.72. The van der Waals surface area contributed by atoms with Crippen LogP contribution in [0.3, 0.4) is 0 Å².